The van der Waals surface area contributed by atoms with Gasteiger partial charge in [0.05, 0.1) is 36.8 Å². The van der Waals surface area contributed by atoms with E-state index in [9.17, 15) is 18.0 Å². The van der Waals surface area contributed by atoms with Crippen molar-refractivity contribution in [2.24, 2.45) is 7.05 Å². The molecule has 2 aromatic rings. The molecule has 2 aromatic heterocycles. The number of carbonyl (C=O) groups is 2. The summed E-state index contributed by atoms with van der Waals surface area (Å²) >= 11 is 0. The van der Waals surface area contributed by atoms with E-state index < -0.39 is 12.1 Å². The van der Waals surface area contributed by atoms with E-state index in [1.165, 1.54) is 6.33 Å². The fraction of sp³-hybridized carbons (Fsp3) is 0.526. The lowest BCUT2D eigenvalue weighted by atomic mass is 9.89. The summed E-state index contributed by atoms with van der Waals surface area (Å²) in [5.41, 5.74) is 0.465. The summed E-state index contributed by atoms with van der Waals surface area (Å²) in [6.07, 6.45) is 5.34. The Morgan fingerprint density at radius 2 is 1.88 bits per heavy atom. The number of anilines is 1. The van der Waals surface area contributed by atoms with E-state index in [0.717, 1.165) is 44.0 Å². The molecule has 1 N–H and O–H groups in total. The predicted octanol–water partition coefficient (Wildman–Crippen LogP) is 1.24. The summed E-state index contributed by atoms with van der Waals surface area (Å²) in [5.74, 6) is -1.72. The maximum atomic E-state index is 12.3. The number of rotatable bonds is 3. The van der Waals surface area contributed by atoms with Crippen LogP contribution in [0.15, 0.2) is 31.1 Å². The summed E-state index contributed by atoms with van der Waals surface area (Å²) in [7, 11) is 2.02. The van der Waals surface area contributed by atoms with E-state index >= 15 is 0 Å². The Balaban J connectivity index is 0.000000360. The molecule has 0 radical (unpaired) electrons. The van der Waals surface area contributed by atoms with Gasteiger partial charge in [-0.3, -0.25) is 9.69 Å². The molecular formula is C19H23F3N6O4. The van der Waals surface area contributed by atoms with Crippen LogP contribution in [0.5, 0.6) is 0 Å². The van der Waals surface area contributed by atoms with Crippen LogP contribution in [0, 0.1) is 0 Å². The number of aliphatic carboxylic acids is 1. The standard InChI is InChI=1S/C17H22N6O2.C2HF3O2/c1-21-7-4-20-15(21)10-22-5-2-17(3-6-22)12-23(16(24)11-25-17)14-8-18-13-19-9-14;3-2(4,5)1(6)7/h4,7-9,13H,2-3,5-6,10-12H2,1H3;(H,6,7). The van der Waals surface area contributed by atoms with Gasteiger partial charge < -0.3 is 19.3 Å². The number of morpholine rings is 1. The number of nitrogens with zero attached hydrogens (tertiary/aromatic N) is 6. The minimum Gasteiger partial charge on any atom is -0.475 e. The maximum absolute atomic E-state index is 12.3. The van der Waals surface area contributed by atoms with Gasteiger partial charge in [-0.05, 0) is 12.8 Å². The van der Waals surface area contributed by atoms with Crippen molar-refractivity contribution in [2.75, 3.05) is 31.1 Å². The number of amides is 1. The molecule has 2 fully saturated rings. The number of hydrogen-bond acceptors (Lipinski definition) is 7. The number of ether oxygens (including phenoxy) is 1. The van der Waals surface area contributed by atoms with Crippen molar-refractivity contribution < 1.29 is 32.6 Å². The number of alkyl halides is 3. The van der Waals surface area contributed by atoms with Crippen molar-refractivity contribution in [3.05, 3.63) is 36.9 Å². The Kier molecular flexibility index (Phi) is 7.09. The zero-order chi connectivity index (χ0) is 23.4. The zero-order valence-corrected chi connectivity index (χ0v) is 17.3. The number of aryl methyl sites for hydroxylation is 1. The van der Waals surface area contributed by atoms with Crippen LogP contribution in [0.4, 0.5) is 18.9 Å². The zero-order valence-electron chi connectivity index (χ0n) is 17.3. The third-order valence-electron chi connectivity index (χ3n) is 5.40. The van der Waals surface area contributed by atoms with E-state index in [1.54, 1.807) is 17.3 Å². The van der Waals surface area contributed by atoms with Crippen molar-refractivity contribution in [2.45, 2.75) is 31.2 Å². The van der Waals surface area contributed by atoms with Crippen LogP contribution in [0.25, 0.3) is 0 Å². The Morgan fingerprint density at radius 3 is 2.41 bits per heavy atom. The van der Waals surface area contributed by atoms with Crippen LogP contribution in [-0.4, -0.2) is 79.4 Å². The first-order chi connectivity index (χ1) is 15.1. The molecule has 32 heavy (non-hydrogen) atoms. The maximum Gasteiger partial charge on any atom is 0.490 e. The van der Waals surface area contributed by atoms with Crippen LogP contribution >= 0.6 is 0 Å². The van der Waals surface area contributed by atoms with Gasteiger partial charge in [0.15, 0.2) is 0 Å². The SMILES string of the molecule is Cn1ccnc1CN1CCC2(CC1)CN(c1cncnc1)C(=O)CO2.O=C(O)C(F)(F)F. The van der Waals surface area contributed by atoms with Gasteiger partial charge in [0.2, 0.25) is 0 Å². The highest BCUT2D eigenvalue weighted by atomic mass is 19.4. The Bertz CT molecular complexity index is 929. The van der Waals surface area contributed by atoms with Crippen LogP contribution in [0.3, 0.4) is 0 Å². The van der Waals surface area contributed by atoms with Gasteiger partial charge in [-0.15, -0.1) is 0 Å². The molecule has 0 bridgehead atoms. The largest absolute Gasteiger partial charge is 0.490 e. The molecule has 0 unspecified atom stereocenters. The van der Waals surface area contributed by atoms with E-state index in [-0.39, 0.29) is 18.1 Å². The number of carboxylic acids is 1. The molecule has 0 atom stereocenters. The van der Waals surface area contributed by atoms with Crippen molar-refractivity contribution in [3.63, 3.8) is 0 Å². The molecule has 1 amide bonds. The normalized spacial score (nSPS) is 18.9. The average molecular weight is 456 g/mol. The first-order valence-electron chi connectivity index (χ1n) is 9.78. The summed E-state index contributed by atoms with van der Waals surface area (Å²) in [5, 5.41) is 7.12. The van der Waals surface area contributed by atoms with Crippen LogP contribution in [-0.2, 0) is 27.9 Å². The van der Waals surface area contributed by atoms with E-state index in [4.69, 9.17) is 14.6 Å². The summed E-state index contributed by atoms with van der Waals surface area (Å²) in [6, 6.07) is 0. The predicted molar refractivity (Wildman–Crippen MR) is 104 cm³/mol. The van der Waals surface area contributed by atoms with Gasteiger partial charge in [0.1, 0.15) is 18.8 Å². The molecule has 1 spiro atoms. The van der Waals surface area contributed by atoms with Gasteiger partial charge in [-0.25, -0.2) is 19.7 Å². The van der Waals surface area contributed by atoms with Crippen molar-refractivity contribution in [1.29, 1.82) is 0 Å². The summed E-state index contributed by atoms with van der Waals surface area (Å²) in [4.78, 5) is 37.8. The topological polar surface area (TPSA) is 114 Å². The van der Waals surface area contributed by atoms with Crippen molar-refractivity contribution >= 4 is 17.6 Å². The van der Waals surface area contributed by atoms with Crippen LogP contribution < -0.4 is 4.90 Å². The second-order valence-corrected chi connectivity index (χ2v) is 7.58. The fourth-order valence-electron chi connectivity index (χ4n) is 3.55. The molecule has 2 aliphatic rings. The molecule has 2 aliphatic heterocycles. The highest BCUT2D eigenvalue weighted by Crippen LogP contribution is 2.32. The average Bonchev–Trinajstić information content (AvgIpc) is 3.16. The van der Waals surface area contributed by atoms with E-state index in [0.29, 0.717) is 6.54 Å². The number of halogens is 3. The second kappa shape index (κ2) is 9.61. The molecule has 10 nitrogen and oxygen atoms in total. The third kappa shape index (κ3) is 5.79. The van der Waals surface area contributed by atoms with Crippen LogP contribution in [0.2, 0.25) is 0 Å². The smallest absolute Gasteiger partial charge is 0.475 e. The lowest BCUT2D eigenvalue weighted by Gasteiger charge is -2.46. The van der Waals surface area contributed by atoms with E-state index in [1.807, 2.05) is 19.4 Å². The molecular weight excluding hydrogens is 433 g/mol. The number of piperidine rings is 1. The molecule has 0 saturated carbocycles. The molecule has 174 valence electrons. The minimum atomic E-state index is -5.08. The lowest BCUT2D eigenvalue weighted by Crippen LogP contribution is -2.59. The quantitative estimate of drug-likeness (QED) is 0.734. The van der Waals surface area contributed by atoms with Gasteiger partial charge in [-0.2, -0.15) is 13.2 Å². The third-order valence-corrected chi connectivity index (χ3v) is 5.40. The molecule has 0 aliphatic carbocycles. The Hall–Kier alpha value is -3.06. The summed E-state index contributed by atoms with van der Waals surface area (Å²) < 4.78 is 39.8. The Morgan fingerprint density at radius 1 is 1.25 bits per heavy atom. The van der Waals surface area contributed by atoms with Gasteiger partial charge >= 0.3 is 12.1 Å². The number of hydrogen-bond donors (Lipinski definition) is 1. The minimum absolute atomic E-state index is 0.0316. The monoisotopic (exact) mass is 456 g/mol. The summed E-state index contributed by atoms with van der Waals surface area (Å²) in [6.45, 7) is 3.39. The Labute approximate surface area is 181 Å². The number of aromatic nitrogens is 4. The number of likely N-dealkylation sites (tertiary alicyclic amines) is 1. The first kappa shape index (κ1) is 23.6. The number of imidazole rings is 1. The van der Waals surface area contributed by atoms with Crippen molar-refractivity contribution in [3.8, 4) is 0 Å². The fourth-order valence-corrected chi connectivity index (χ4v) is 3.55. The van der Waals surface area contributed by atoms with Gasteiger partial charge in [-0.1, -0.05) is 0 Å². The van der Waals surface area contributed by atoms with Gasteiger partial charge in [0.25, 0.3) is 5.91 Å². The second-order valence-electron chi connectivity index (χ2n) is 7.58. The van der Waals surface area contributed by atoms with E-state index in [2.05, 4.69) is 24.4 Å². The lowest BCUT2D eigenvalue weighted by molar-refractivity contribution is -0.192. The highest BCUT2D eigenvalue weighted by molar-refractivity contribution is 5.94. The first-order valence-corrected chi connectivity index (χ1v) is 9.78. The van der Waals surface area contributed by atoms with Crippen LogP contribution in [0.1, 0.15) is 18.7 Å². The molecule has 13 heteroatoms. The molecule has 4 heterocycles. The number of carboxylic acid groups (broad SMARTS) is 1. The molecule has 2 saturated heterocycles. The highest BCUT2D eigenvalue weighted by Gasteiger charge is 2.43. The number of carbonyl (C=O) groups excluding carboxylic acids is 1. The van der Waals surface area contributed by atoms with Gasteiger partial charge in [0, 0.05) is 32.5 Å². The van der Waals surface area contributed by atoms with Crippen molar-refractivity contribution in [1.82, 2.24) is 24.4 Å². The molecule has 4 rings (SSSR count). The molecule has 0 aromatic carbocycles.